The lowest BCUT2D eigenvalue weighted by Crippen LogP contribution is -2.39. The van der Waals surface area contributed by atoms with Crippen molar-refractivity contribution >= 4 is 11.1 Å². The van der Waals surface area contributed by atoms with Gasteiger partial charge in [-0.15, -0.1) is 0 Å². The molecular weight excluding hydrogens is 339 g/mol. The molecule has 0 saturated heterocycles. The Morgan fingerprint density at radius 2 is 2.00 bits per heavy atom. The van der Waals surface area contributed by atoms with Crippen LogP contribution in [0.5, 0.6) is 0 Å². The zero-order chi connectivity index (χ0) is 19.7. The van der Waals surface area contributed by atoms with Crippen molar-refractivity contribution in [1.82, 2.24) is 10.6 Å². The first-order valence-electron chi connectivity index (χ1n) is 8.53. The van der Waals surface area contributed by atoms with Crippen molar-refractivity contribution in [3.8, 4) is 6.07 Å². The van der Waals surface area contributed by atoms with Gasteiger partial charge >= 0.3 is 6.18 Å². The molecule has 1 aliphatic heterocycles. The molecule has 1 atom stereocenters. The fraction of sp³-hybridized carbons (Fsp3) is 0.350. The van der Waals surface area contributed by atoms with Crippen LogP contribution in [0.25, 0.3) is 11.1 Å². The number of nitriles is 1. The normalized spacial score (nSPS) is 17.0. The van der Waals surface area contributed by atoms with Crippen LogP contribution in [0.1, 0.15) is 38.8 Å². The van der Waals surface area contributed by atoms with Gasteiger partial charge in [0, 0.05) is 12.7 Å². The van der Waals surface area contributed by atoms with E-state index in [1.54, 1.807) is 0 Å². The monoisotopic (exact) mass is 363 g/mol. The molecule has 2 rings (SSSR count). The molecule has 0 saturated carbocycles. The SMILES string of the molecule is CC.CCN/C(C#N)=C(\C)c1cccc(C2=CNC(C(F)(F)F)C=C2)c1. The molecule has 1 aliphatic rings. The van der Waals surface area contributed by atoms with Crippen LogP contribution in [-0.2, 0) is 0 Å². The van der Waals surface area contributed by atoms with E-state index in [1.807, 2.05) is 52.0 Å². The van der Waals surface area contributed by atoms with Crippen molar-refractivity contribution in [3.63, 3.8) is 0 Å². The van der Waals surface area contributed by atoms with Crippen LogP contribution < -0.4 is 10.6 Å². The van der Waals surface area contributed by atoms with E-state index in [9.17, 15) is 18.4 Å². The Morgan fingerprint density at radius 1 is 1.31 bits per heavy atom. The molecule has 1 heterocycles. The number of nitrogens with one attached hydrogen (secondary N) is 2. The van der Waals surface area contributed by atoms with Crippen LogP contribution in [0.2, 0.25) is 0 Å². The molecule has 1 aromatic carbocycles. The lowest BCUT2D eigenvalue weighted by Gasteiger charge is -2.21. The molecule has 0 fully saturated rings. The second-order valence-corrected chi connectivity index (χ2v) is 5.37. The molecule has 0 spiro atoms. The number of alkyl halides is 3. The molecule has 6 heteroatoms. The van der Waals surface area contributed by atoms with E-state index >= 15 is 0 Å². The van der Waals surface area contributed by atoms with Gasteiger partial charge < -0.3 is 10.6 Å². The highest BCUT2D eigenvalue weighted by Crippen LogP contribution is 2.28. The number of rotatable bonds is 4. The van der Waals surface area contributed by atoms with Gasteiger partial charge in [-0.3, -0.25) is 0 Å². The maximum absolute atomic E-state index is 12.7. The first kappa shape index (κ1) is 21.4. The molecular formula is C20H24F3N3. The second-order valence-electron chi connectivity index (χ2n) is 5.37. The van der Waals surface area contributed by atoms with Crippen molar-refractivity contribution < 1.29 is 13.2 Å². The van der Waals surface area contributed by atoms with Crippen molar-refractivity contribution in [3.05, 3.63) is 59.4 Å². The number of halogens is 3. The summed E-state index contributed by atoms with van der Waals surface area (Å²) in [6.07, 6.45) is -0.384. The first-order chi connectivity index (χ1) is 12.4. The maximum atomic E-state index is 12.7. The molecule has 0 aromatic heterocycles. The van der Waals surface area contributed by atoms with Crippen LogP contribution in [0.15, 0.2) is 48.3 Å². The molecule has 1 unspecified atom stereocenters. The maximum Gasteiger partial charge on any atom is 0.412 e. The molecule has 0 aliphatic carbocycles. The summed E-state index contributed by atoms with van der Waals surface area (Å²) in [7, 11) is 0. The Labute approximate surface area is 152 Å². The highest BCUT2D eigenvalue weighted by atomic mass is 19.4. The topological polar surface area (TPSA) is 47.9 Å². The minimum atomic E-state index is -4.31. The van der Waals surface area contributed by atoms with E-state index in [0.717, 1.165) is 22.8 Å². The summed E-state index contributed by atoms with van der Waals surface area (Å²) in [6, 6.07) is 7.83. The van der Waals surface area contributed by atoms with Gasteiger partial charge in [-0.1, -0.05) is 44.2 Å². The molecule has 0 amide bonds. The van der Waals surface area contributed by atoms with E-state index in [4.69, 9.17) is 0 Å². The molecule has 1 aromatic rings. The van der Waals surface area contributed by atoms with Crippen LogP contribution in [0, 0.1) is 11.3 Å². The minimum Gasteiger partial charge on any atom is -0.377 e. The lowest BCUT2D eigenvalue weighted by molar-refractivity contribution is -0.142. The molecule has 0 radical (unpaired) electrons. The summed E-state index contributed by atoms with van der Waals surface area (Å²) < 4.78 is 38.0. The quantitative estimate of drug-likeness (QED) is 0.740. The van der Waals surface area contributed by atoms with E-state index in [0.29, 0.717) is 17.8 Å². The Balaban J connectivity index is 0.00000163. The Hall–Kier alpha value is -2.68. The van der Waals surface area contributed by atoms with Gasteiger partial charge in [-0.25, -0.2) is 0 Å². The van der Waals surface area contributed by atoms with Crippen LogP contribution in [0.4, 0.5) is 13.2 Å². The number of benzene rings is 1. The van der Waals surface area contributed by atoms with Gasteiger partial charge in [0.1, 0.15) is 17.8 Å². The van der Waals surface area contributed by atoms with E-state index < -0.39 is 12.2 Å². The Kier molecular flexibility index (Phi) is 7.98. The van der Waals surface area contributed by atoms with Crippen molar-refractivity contribution in [2.24, 2.45) is 0 Å². The van der Waals surface area contributed by atoms with Gasteiger partial charge in [-0.05, 0) is 42.2 Å². The smallest absolute Gasteiger partial charge is 0.377 e. The van der Waals surface area contributed by atoms with Crippen molar-refractivity contribution in [2.45, 2.75) is 39.9 Å². The minimum absolute atomic E-state index is 0.484. The van der Waals surface area contributed by atoms with Crippen molar-refractivity contribution in [2.75, 3.05) is 6.54 Å². The second kappa shape index (κ2) is 9.71. The number of hydrogen-bond donors (Lipinski definition) is 2. The number of dihydropyridines is 1. The largest absolute Gasteiger partial charge is 0.412 e. The zero-order valence-corrected chi connectivity index (χ0v) is 15.4. The Bertz CT molecular complexity index is 737. The highest BCUT2D eigenvalue weighted by molar-refractivity contribution is 5.78. The fourth-order valence-electron chi connectivity index (χ4n) is 2.38. The summed E-state index contributed by atoms with van der Waals surface area (Å²) in [5.41, 5.74) is 3.56. The summed E-state index contributed by atoms with van der Waals surface area (Å²) in [4.78, 5) is 0. The van der Waals surface area contributed by atoms with Crippen LogP contribution in [0.3, 0.4) is 0 Å². The predicted molar refractivity (Wildman–Crippen MR) is 99.8 cm³/mol. The molecule has 2 N–H and O–H groups in total. The zero-order valence-electron chi connectivity index (χ0n) is 15.4. The third-order valence-corrected chi connectivity index (χ3v) is 3.71. The first-order valence-corrected chi connectivity index (χ1v) is 8.53. The van der Waals surface area contributed by atoms with E-state index in [2.05, 4.69) is 16.7 Å². The fourth-order valence-corrected chi connectivity index (χ4v) is 2.38. The number of allylic oxidation sites excluding steroid dienone is 4. The van der Waals surface area contributed by atoms with Gasteiger partial charge in [0.05, 0.1) is 0 Å². The van der Waals surface area contributed by atoms with E-state index in [-0.39, 0.29) is 0 Å². The van der Waals surface area contributed by atoms with Gasteiger partial charge in [-0.2, -0.15) is 18.4 Å². The molecule has 3 nitrogen and oxygen atoms in total. The molecule has 0 bridgehead atoms. The average Bonchev–Trinajstić information content (AvgIpc) is 2.66. The number of hydrogen-bond acceptors (Lipinski definition) is 3. The summed E-state index contributed by atoms with van der Waals surface area (Å²) >= 11 is 0. The standard InChI is InChI=1S/C18H18F3N3.C2H6/c1-3-23-16(10-22)12(2)13-5-4-6-14(9-13)15-7-8-17(24-11-15)18(19,20)21;1-2/h4-9,11,17,23-24H,3H2,1-2H3;1-2H3/b16-12+;. The summed E-state index contributed by atoms with van der Waals surface area (Å²) in [5.74, 6) is 0. The van der Waals surface area contributed by atoms with Gasteiger partial charge in [0.2, 0.25) is 0 Å². The molecule has 26 heavy (non-hydrogen) atoms. The van der Waals surface area contributed by atoms with E-state index in [1.165, 1.54) is 12.3 Å². The van der Waals surface area contributed by atoms with Crippen LogP contribution >= 0.6 is 0 Å². The summed E-state index contributed by atoms with van der Waals surface area (Å²) in [6.45, 7) is 8.38. The van der Waals surface area contributed by atoms with Crippen LogP contribution in [-0.4, -0.2) is 18.8 Å². The number of nitrogens with zero attached hydrogens (tertiary/aromatic N) is 1. The predicted octanol–water partition coefficient (Wildman–Crippen LogP) is 5.01. The lowest BCUT2D eigenvalue weighted by atomic mass is 9.97. The summed E-state index contributed by atoms with van der Waals surface area (Å²) in [5, 5.41) is 14.6. The highest BCUT2D eigenvalue weighted by Gasteiger charge is 2.38. The third-order valence-electron chi connectivity index (χ3n) is 3.71. The molecule has 140 valence electrons. The van der Waals surface area contributed by atoms with Gasteiger partial charge in [0.15, 0.2) is 0 Å². The van der Waals surface area contributed by atoms with Crippen molar-refractivity contribution in [1.29, 1.82) is 5.26 Å². The third kappa shape index (κ3) is 5.41. The Morgan fingerprint density at radius 3 is 2.50 bits per heavy atom. The average molecular weight is 363 g/mol. The van der Waals surface area contributed by atoms with Gasteiger partial charge in [0.25, 0.3) is 0 Å².